The first kappa shape index (κ1) is 22.8. The highest BCUT2D eigenvalue weighted by Gasteiger charge is 2.41. The van der Waals surface area contributed by atoms with Crippen LogP contribution >= 0.6 is 0 Å². The van der Waals surface area contributed by atoms with Crippen molar-refractivity contribution in [2.45, 2.75) is 56.7 Å². The highest BCUT2D eigenvalue weighted by Crippen LogP contribution is 2.37. The van der Waals surface area contributed by atoms with E-state index >= 15 is 0 Å². The third-order valence-electron chi connectivity index (χ3n) is 6.57. The largest absolute Gasteiger partial charge is 0.493 e. The number of halogens is 1. The van der Waals surface area contributed by atoms with Crippen molar-refractivity contribution in [2.24, 2.45) is 13.0 Å². The van der Waals surface area contributed by atoms with Gasteiger partial charge in [-0.05, 0) is 74.8 Å². The molecular formula is C23H31BFN4O3. The monoisotopic (exact) mass is 441 g/mol. The average molecular weight is 441 g/mol. The predicted molar refractivity (Wildman–Crippen MR) is 120 cm³/mol. The summed E-state index contributed by atoms with van der Waals surface area (Å²) in [6.45, 7) is 0.581. The minimum Gasteiger partial charge on any atom is -0.493 e. The van der Waals surface area contributed by atoms with Crippen LogP contribution in [0.5, 0.6) is 5.75 Å². The summed E-state index contributed by atoms with van der Waals surface area (Å²) in [7, 11) is 5.15. The Hall–Kier alpha value is -2.39. The van der Waals surface area contributed by atoms with Gasteiger partial charge in [0.2, 0.25) is 0 Å². The molecule has 0 unspecified atom stereocenters. The van der Waals surface area contributed by atoms with Gasteiger partial charge in [0.05, 0.1) is 12.9 Å². The van der Waals surface area contributed by atoms with Gasteiger partial charge in [-0.1, -0.05) is 0 Å². The molecule has 0 bridgehead atoms. The summed E-state index contributed by atoms with van der Waals surface area (Å²) >= 11 is 0. The van der Waals surface area contributed by atoms with Crippen LogP contribution < -0.4 is 9.96 Å². The van der Waals surface area contributed by atoms with Gasteiger partial charge in [-0.2, -0.15) is 0 Å². The van der Waals surface area contributed by atoms with Gasteiger partial charge in [0.15, 0.2) is 0 Å². The molecule has 2 aromatic rings. The Morgan fingerprint density at radius 2 is 1.94 bits per heavy atom. The van der Waals surface area contributed by atoms with Crippen LogP contribution in [0.15, 0.2) is 36.8 Å². The minimum atomic E-state index is -0.269. The van der Waals surface area contributed by atoms with Gasteiger partial charge < -0.3 is 24.1 Å². The normalized spacial score (nSPS) is 25.1. The molecule has 0 spiro atoms. The maximum Gasteiger partial charge on any atom is 0.395 e. The molecule has 2 aliphatic rings. The van der Waals surface area contributed by atoms with Crippen LogP contribution in [-0.4, -0.2) is 59.8 Å². The van der Waals surface area contributed by atoms with E-state index in [9.17, 15) is 9.18 Å². The molecule has 0 aliphatic heterocycles. The number of carbonyl (C=O) groups excluding carboxylic acids is 1. The molecule has 0 saturated heterocycles. The molecule has 1 aromatic heterocycles. The van der Waals surface area contributed by atoms with Crippen LogP contribution in [0.1, 0.15) is 49.0 Å². The Morgan fingerprint density at radius 3 is 2.56 bits per heavy atom. The summed E-state index contributed by atoms with van der Waals surface area (Å²) in [5.74, 6) is 0.816. The fourth-order valence-corrected chi connectivity index (χ4v) is 4.78. The Labute approximate surface area is 189 Å². The number of aromatic nitrogens is 2. The molecular weight excluding hydrogens is 410 g/mol. The van der Waals surface area contributed by atoms with Gasteiger partial charge in [-0.15, -0.1) is 0 Å². The van der Waals surface area contributed by atoms with Gasteiger partial charge in [-0.3, -0.25) is 4.79 Å². The first-order valence-electron chi connectivity index (χ1n) is 11.3. The van der Waals surface area contributed by atoms with Crippen molar-refractivity contribution in [3.63, 3.8) is 0 Å². The zero-order chi connectivity index (χ0) is 22.5. The molecule has 2 saturated carbocycles. The van der Waals surface area contributed by atoms with Crippen molar-refractivity contribution < 1.29 is 18.6 Å². The molecule has 171 valence electrons. The van der Waals surface area contributed by atoms with E-state index in [4.69, 9.17) is 9.39 Å². The summed E-state index contributed by atoms with van der Waals surface area (Å²) in [4.78, 5) is 19.8. The highest BCUT2D eigenvalue weighted by molar-refractivity contribution is 6.23. The van der Waals surface area contributed by atoms with E-state index < -0.39 is 0 Å². The van der Waals surface area contributed by atoms with E-state index in [2.05, 4.69) is 15.1 Å². The number of ether oxygens (including phenoxy) is 1. The van der Waals surface area contributed by atoms with Crippen LogP contribution in [0, 0.1) is 11.7 Å². The number of amides is 1. The topological polar surface area (TPSA) is 68.6 Å². The lowest BCUT2D eigenvalue weighted by Crippen LogP contribution is -2.55. The molecule has 9 heteroatoms. The second-order valence-corrected chi connectivity index (χ2v) is 8.92. The van der Waals surface area contributed by atoms with Crippen molar-refractivity contribution in [3.8, 4) is 5.75 Å². The number of rotatable bonds is 9. The first-order chi connectivity index (χ1) is 15.5. The fraction of sp³-hybridized carbons (Fsp3) is 0.565. The maximum atomic E-state index is 13.4. The van der Waals surface area contributed by atoms with Crippen LogP contribution in [-0.2, 0) is 11.7 Å². The first-order valence-corrected chi connectivity index (χ1v) is 11.3. The van der Waals surface area contributed by atoms with Gasteiger partial charge in [0.1, 0.15) is 17.3 Å². The molecule has 7 nitrogen and oxygen atoms in total. The quantitative estimate of drug-likeness (QED) is 0.607. The SMILES string of the molecule is CO[B]NC1CCC(N(C(=O)c2cn(C)cn2)C2CC(COc3ccc(F)cc3)C2)CC1. The van der Waals surface area contributed by atoms with Crippen LogP contribution in [0.2, 0.25) is 0 Å². The Balaban J connectivity index is 1.36. The number of carbonyl (C=O) groups is 1. The van der Waals surface area contributed by atoms with Crippen LogP contribution in [0.25, 0.3) is 0 Å². The molecule has 1 aromatic carbocycles. The van der Waals surface area contributed by atoms with Crippen molar-refractivity contribution in [1.29, 1.82) is 0 Å². The van der Waals surface area contributed by atoms with E-state index in [0.717, 1.165) is 38.5 Å². The van der Waals surface area contributed by atoms with Crippen molar-refractivity contribution in [1.82, 2.24) is 19.7 Å². The lowest BCUT2D eigenvalue weighted by Gasteiger charge is -2.47. The van der Waals surface area contributed by atoms with Crippen molar-refractivity contribution >= 4 is 13.5 Å². The Bertz CT molecular complexity index is 880. The zero-order valence-electron chi connectivity index (χ0n) is 18.7. The van der Waals surface area contributed by atoms with E-state index in [1.807, 2.05) is 11.6 Å². The number of benzene rings is 1. The number of hydrogen-bond acceptors (Lipinski definition) is 5. The Morgan fingerprint density at radius 1 is 1.22 bits per heavy atom. The van der Waals surface area contributed by atoms with E-state index in [-0.39, 0.29) is 23.8 Å². The Kier molecular flexibility index (Phi) is 7.47. The van der Waals surface area contributed by atoms with Gasteiger partial charge in [-0.25, -0.2) is 9.37 Å². The molecule has 0 atom stereocenters. The van der Waals surface area contributed by atoms with Crippen molar-refractivity contribution in [2.75, 3.05) is 13.7 Å². The number of imidazole rings is 1. The summed E-state index contributed by atoms with van der Waals surface area (Å²) in [5, 5.41) is 3.29. The molecule has 32 heavy (non-hydrogen) atoms. The predicted octanol–water partition coefficient (Wildman–Crippen LogP) is 2.94. The molecule has 2 fully saturated rings. The number of nitrogens with one attached hydrogen (secondary N) is 1. The molecule has 2 aliphatic carbocycles. The van der Waals surface area contributed by atoms with E-state index in [0.29, 0.717) is 30.0 Å². The molecule has 1 N–H and O–H groups in total. The number of aryl methyl sites for hydroxylation is 1. The second-order valence-electron chi connectivity index (χ2n) is 8.92. The standard InChI is InChI=1S/C23H31BFN4O3/c1-28-13-22(26-15-28)23(30)29(19-7-5-18(6-8-19)27-24-31-2)20-11-16(12-20)14-32-21-9-3-17(25)4-10-21/h3-4,9-10,13,15-16,18-20,27H,5-8,11-12,14H2,1-2H3. The molecule has 4 rings (SSSR count). The summed E-state index contributed by atoms with van der Waals surface area (Å²) < 4.78 is 25.7. The van der Waals surface area contributed by atoms with Crippen molar-refractivity contribution in [3.05, 3.63) is 48.3 Å². The number of hydrogen-bond donors (Lipinski definition) is 1. The van der Waals surface area contributed by atoms with Crippen LogP contribution in [0.3, 0.4) is 0 Å². The van der Waals surface area contributed by atoms with Crippen LogP contribution in [0.4, 0.5) is 4.39 Å². The highest BCUT2D eigenvalue weighted by atomic mass is 19.1. The molecule has 1 amide bonds. The minimum absolute atomic E-state index is 0.0216. The molecule has 1 heterocycles. The lowest BCUT2D eigenvalue weighted by molar-refractivity contribution is 0.0113. The molecule has 1 radical (unpaired) electrons. The number of nitrogens with zero attached hydrogens (tertiary/aromatic N) is 3. The maximum absolute atomic E-state index is 13.4. The smallest absolute Gasteiger partial charge is 0.395 e. The zero-order valence-corrected chi connectivity index (χ0v) is 18.7. The lowest BCUT2D eigenvalue weighted by atomic mass is 9.77. The third-order valence-corrected chi connectivity index (χ3v) is 6.57. The van der Waals surface area contributed by atoms with Gasteiger partial charge in [0.25, 0.3) is 5.91 Å². The summed E-state index contributed by atoms with van der Waals surface area (Å²) in [5.41, 5.74) is 0.506. The van der Waals surface area contributed by atoms with E-state index in [1.165, 1.54) is 12.1 Å². The fourth-order valence-electron chi connectivity index (χ4n) is 4.78. The average Bonchev–Trinajstić information content (AvgIpc) is 3.21. The van der Waals surface area contributed by atoms with Gasteiger partial charge in [0, 0.05) is 32.4 Å². The third kappa shape index (κ3) is 5.50. The summed E-state index contributed by atoms with van der Waals surface area (Å²) in [6.07, 6.45) is 9.21. The van der Waals surface area contributed by atoms with E-state index in [1.54, 1.807) is 39.4 Å². The second kappa shape index (κ2) is 10.5. The van der Waals surface area contributed by atoms with Gasteiger partial charge >= 0.3 is 7.62 Å². The summed E-state index contributed by atoms with van der Waals surface area (Å²) in [6, 6.07) is 6.91.